The van der Waals surface area contributed by atoms with Gasteiger partial charge in [0.15, 0.2) is 5.96 Å². The summed E-state index contributed by atoms with van der Waals surface area (Å²) in [7, 11) is 0. The van der Waals surface area contributed by atoms with Crippen molar-refractivity contribution in [3.8, 4) is 0 Å². The van der Waals surface area contributed by atoms with Gasteiger partial charge >= 0.3 is 0 Å². The van der Waals surface area contributed by atoms with Crippen molar-refractivity contribution in [3.05, 3.63) is 65.6 Å². The van der Waals surface area contributed by atoms with E-state index in [4.69, 9.17) is 11.5 Å². The molecule has 0 aromatic heterocycles. The number of aliphatic imine (C=N–C) groups is 1. The lowest BCUT2D eigenvalue weighted by Crippen LogP contribution is -2.24. The molecule has 1 heterocycles. The van der Waals surface area contributed by atoms with Crippen molar-refractivity contribution in [2.45, 2.75) is 0 Å². The molecular weight excluding hydrogens is 295 g/mol. The number of nitrogens with zero attached hydrogens (tertiary/aromatic N) is 1. The maximum Gasteiger partial charge on any atom is 0.280 e. The van der Waals surface area contributed by atoms with Crippen LogP contribution in [-0.2, 0) is 0 Å². The fourth-order valence-corrected chi connectivity index (χ4v) is 2.55. The smallest absolute Gasteiger partial charge is 0.280 e. The summed E-state index contributed by atoms with van der Waals surface area (Å²) in [5, 5.41) is 4.48. The molecule has 0 bridgehead atoms. The Morgan fingerprint density at radius 2 is 2.04 bits per heavy atom. The van der Waals surface area contributed by atoms with Gasteiger partial charge in [0.05, 0.1) is 0 Å². The summed E-state index contributed by atoms with van der Waals surface area (Å²) < 4.78 is 14.1. The van der Waals surface area contributed by atoms with Gasteiger partial charge in [0, 0.05) is 23.9 Å². The predicted octanol–water partition coefficient (Wildman–Crippen LogP) is 2.05. The van der Waals surface area contributed by atoms with E-state index in [9.17, 15) is 9.18 Å². The largest absolute Gasteiger partial charge is 0.385 e. The lowest BCUT2D eigenvalue weighted by atomic mass is 9.95. The van der Waals surface area contributed by atoms with E-state index < -0.39 is 5.91 Å². The Hall–Kier alpha value is -3.15. The first-order valence-electron chi connectivity index (χ1n) is 7.03. The molecule has 5 N–H and O–H groups in total. The van der Waals surface area contributed by atoms with Crippen molar-refractivity contribution < 1.29 is 9.18 Å². The number of rotatable bonds is 2. The number of nitrogens with two attached hydrogens (primary N) is 2. The quantitative estimate of drug-likeness (QED) is 0.584. The molecule has 2 aromatic carbocycles. The third kappa shape index (κ3) is 2.91. The molecule has 1 aliphatic rings. The Morgan fingerprint density at radius 1 is 1.22 bits per heavy atom. The number of hydrogen-bond acceptors (Lipinski definition) is 2. The lowest BCUT2D eigenvalue weighted by molar-refractivity contribution is 0.100. The van der Waals surface area contributed by atoms with Crippen LogP contribution >= 0.6 is 0 Å². The van der Waals surface area contributed by atoms with Gasteiger partial charge in [-0.25, -0.2) is 4.39 Å². The Bertz CT molecular complexity index is 879. The van der Waals surface area contributed by atoms with E-state index in [-0.39, 0.29) is 11.8 Å². The summed E-state index contributed by atoms with van der Waals surface area (Å²) in [5.74, 6) is -1.17. The molecule has 116 valence electrons. The second-order valence-electron chi connectivity index (χ2n) is 5.10. The fourth-order valence-electron chi connectivity index (χ4n) is 2.55. The Morgan fingerprint density at radius 3 is 2.78 bits per heavy atom. The summed E-state index contributed by atoms with van der Waals surface area (Å²) in [6.45, 7) is 0.547. The molecule has 0 saturated heterocycles. The van der Waals surface area contributed by atoms with Gasteiger partial charge in [0.25, 0.3) is 5.91 Å². The minimum atomic E-state index is -0.531. The minimum absolute atomic E-state index is 0.293. The first-order valence-corrected chi connectivity index (χ1v) is 7.03. The minimum Gasteiger partial charge on any atom is -0.385 e. The molecule has 0 radical (unpaired) electrons. The fraction of sp³-hybridized carbons (Fsp3) is 0.0588. The maximum atomic E-state index is 14.1. The van der Waals surface area contributed by atoms with E-state index in [1.165, 1.54) is 6.20 Å². The first kappa shape index (κ1) is 14.8. The summed E-state index contributed by atoms with van der Waals surface area (Å²) in [6.07, 6.45) is 3.11. The third-order valence-electron chi connectivity index (χ3n) is 3.56. The molecule has 1 aliphatic heterocycles. The number of carbonyl (C=O) groups excluding carboxylic acids is 1. The molecule has 0 saturated carbocycles. The van der Waals surface area contributed by atoms with Crippen LogP contribution in [0, 0.1) is 0 Å². The van der Waals surface area contributed by atoms with Crippen LogP contribution in [0.4, 0.5) is 4.39 Å². The number of amides is 1. The van der Waals surface area contributed by atoms with Crippen molar-refractivity contribution in [2.75, 3.05) is 6.54 Å². The number of dihydropyridines is 1. The highest BCUT2D eigenvalue weighted by molar-refractivity contribution is 6.06. The number of allylic oxidation sites excluding steroid dienone is 2. The van der Waals surface area contributed by atoms with Gasteiger partial charge in [-0.05, 0) is 28.5 Å². The average Bonchev–Trinajstić information content (AvgIpc) is 2.54. The van der Waals surface area contributed by atoms with Crippen LogP contribution in [0.2, 0.25) is 0 Å². The molecule has 1 amide bonds. The Labute approximate surface area is 132 Å². The molecule has 0 atom stereocenters. The van der Waals surface area contributed by atoms with Crippen LogP contribution in [0.15, 0.2) is 59.5 Å². The van der Waals surface area contributed by atoms with E-state index in [0.717, 1.165) is 16.3 Å². The Balaban J connectivity index is 2.16. The summed E-state index contributed by atoms with van der Waals surface area (Å²) >= 11 is 0. The van der Waals surface area contributed by atoms with Gasteiger partial charge in [-0.15, -0.1) is 0 Å². The maximum absolute atomic E-state index is 14.1. The van der Waals surface area contributed by atoms with E-state index in [0.29, 0.717) is 17.7 Å². The van der Waals surface area contributed by atoms with Gasteiger partial charge in [0.2, 0.25) is 0 Å². The highest BCUT2D eigenvalue weighted by Crippen LogP contribution is 2.32. The van der Waals surface area contributed by atoms with Gasteiger partial charge in [-0.2, -0.15) is 4.99 Å². The molecule has 0 spiro atoms. The van der Waals surface area contributed by atoms with Crippen LogP contribution in [0.1, 0.15) is 15.9 Å². The standard InChI is InChI=1S/C17H15FN4O/c18-15-9-21-7-6-13(15)12-3-1-2-10-4-5-11(8-14(10)12)16(23)22-17(19)20/h1-6,8-9,21H,7H2,(H4,19,20,22,23). The van der Waals surface area contributed by atoms with Gasteiger partial charge in [0.1, 0.15) is 5.83 Å². The van der Waals surface area contributed by atoms with Gasteiger partial charge < -0.3 is 16.8 Å². The third-order valence-corrected chi connectivity index (χ3v) is 3.56. The molecule has 0 unspecified atom stereocenters. The van der Waals surface area contributed by atoms with Crippen molar-refractivity contribution in [2.24, 2.45) is 16.5 Å². The van der Waals surface area contributed by atoms with E-state index >= 15 is 0 Å². The number of fused-ring (bicyclic) bond motifs is 1. The molecule has 0 aliphatic carbocycles. The van der Waals surface area contributed by atoms with Crippen LogP contribution in [0.5, 0.6) is 0 Å². The summed E-state index contributed by atoms with van der Waals surface area (Å²) in [4.78, 5) is 15.5. The zero-order valence-corrected chi connectivity index (χ0v) is 12.2. The van der Waals surface area contributed by atoms with Crippen molar-refractivity contribution in [3.63, 3.8) is 0 Å². The molecule has 2 aromatic rings. The number of halogens is 1. The SMILES string of the molecule is NC(N)=NC(=O)c1ccc2cccc(C3=CCNC=C3F)c2c1. The molecule has 23 heavy (non-hydrogen) atoms. The molecule has 3 rings (SSSR count). The van der Waals surface area contributed by atoms with E-state index in [2.05, 4.69) is 10.3 Å². The van der Waals surface area contributed by atoms with Crippen LogP contribution < -0.4 is 16.8 Å². The zero-order chi connectivity index (χ0) is 16.4. The average molecular weight is 310 g/mol. The number of benzene rings is 2. The zero-order valence-electron chi connectivity index (χ0n) is 12.2. The van der Waals surface area contributed by atoms with Crippen LogP contribution in [-0.4, -0.2) is 18.4 Å². The van der Waals surface area contributed by atoms with Gasteiger partial charge in [-0.1, -0.05) is 30.3 Å². The summed E-state index contributed by atoms with van der Waals surface area (Å²) in [5.41, 5.74) is 12.0. The van der Waals surface area contributed by atoms with E-state index in [1.54, 1.807) is 24.3 Å². The normalized spacial score (nSPS) is 13.8. The number of guanidine groups is 1. The second kappa shape index (κ2) is 5.92. The molecule has 5 nitrogen and oxygen atoms in total. The van der Waals surface area contributed by atoms with Crippen LogP contribution in [0.3, 0.4) is 0 Å². The Kier molecular flexibility index (Phi) is 3.80. The predicted molar refractivity (Wildman–Crippen MR) is 89.3 cm³/mol. The first-order chi connectivity index (χ1) is 11.1. The van der Waals surface area contributed by atoms with E-state index in [1.807, 2.05) is 18.2 Å². The van der Waals surface area contributed by atoms with Crippen molar-refractivity contribution >= 4 is 28.2 Å². The highest BCUT2D eigenvalue weighted by atomic mass is 19.1. The number of carbonyl (C=O) groups is 1. The second-order valence-corrected chi connectivity index (χ2v) is 5.10. The highest BCUT2D eigenvalue weighted by Gasteiger charge is 2.15. The van der Waals surface area contributed by atoms with Crippen LogP contribution in [0.25, 0.3) is 16.3 Å². The topological polar surface area (TPSA) is 93.5 Å². The summed E-state index contributed by atoms with van der Waals surface area (Å²) in [6, 6.07) is 10.7. The molecule has 6 heteroatoms. The van der Waals surface area contributed by atoms with Crippen molar-refractivity contribution in [1.29, 1.82) is 0 Å². The molecule has 0 fully saturated rings. The lowest BCUT2D eigenvalue weighted by Gasteiger charge is -2.14. The number of nitrogens with one attached hydrogen (secondary N) is 1. The van der Waals surface area contributed by atoms with Crippen molar-refractivity contribution in [1.82, 2.24) is 5.32 Å². The number of hydrogen-bond donors (Lipinski definition) is 3. The molecular formula is C17H15FN4O. The monoisotopic (exact) mass is 310 g/mol. The van der Waals surface area contributed by atoms with Gasteiger partial charge in [-0.3, -0.25) is 4.79 Å².